The molecule has 0 aromatic heterocycles. The molecule has 0 saturated heterocycles. The van der Waals surface area contributed by atoms with Crippen molar-refractivity contribution >= 4 is 27.6 Å². The molecule has 3 rings (SSSR count). The second-order valence-electron chi connectivity index (χ2n) is 7.11. The van der Waals surface area contributed by atoms with Crippen LogP contribution in [0.2, 0.25) is 0 Å². The van der Waals surface area contributed by atoms with Crippen LogP contribution >= 0.6 is 0 Å². The first kappa shape index (κ1) is 24.7. The largest absolute Gasteiger partial charge is 0.497 e. The number of ether oxygens (including phenoxy) is 3. The number of hydrogen-bond acceptors (Lipinski definition) is 7. The van der Waals surface area contributed by atoms with Gasteiger partial charge in [-0.2, -0.15) is 4.72 Å². The third kappa shape index (κ3) is 7.06. The van der Waals surface area contributed by atoms with E-state index in [-0.39, 0.29) is 4.90 Å². The molecule has 178 valence electrons. The van der Waals surface area contributed by atoms with Gasteiger partial charge in [-0.3, -0.25) is 9.59 Å². The number of benzene rings is 3. The summed E-state index contributed by atoms with van der Waals surface area (Å²) in [7, 11) is -2.50. The molecule has 0 radical (unpaired) electrons. The van der Waals surface area contributed by atoms with Crippen molar-refractivity contribution in [3.05, 3.63) is 78.9 Å². The molecule has 0 heterocycles. The molecule has 0 aliphatic carbocycles. The smallest absolute Gasteiger partial charge is 0.324 e. The summed E-state index contributed by atoms with van der Waals surface area (Å²) in [6.45, 7) is 0.752. The summed E-state index contributed by atoms with van der Waals surface area (Å²) in [5.74, 6) is 0.307. The fraction of sp³-hybridized carbons (Fsp3) is 0.167. The van der Waals surface area contributed by atoms with Gasteiger partial charge in [-0.15, -0.1) is 0 Å². The van der Waals surface area contributed by atoms with Crippen LogP contribution < -0.4 is 19.5 Å². The summed E-state index contributed by atoms with van der Waals surface area (Å²) in [6.07, 6.45) is 0. The number of methoxy groups -OCH3 is 1. The zero-order chi connectivity index (χ0) is 24.6. The first-order valence-corrected chi connectivity index (χ1v) is 11.7. The summed E-state index contributed by atoms with van der Waals surface area (Å²) in [5, 5.41) is 2.59. The van der Waals surface area contributed by atoms with Crippen molar-refractivity contribution in [2.45, 2.75) is 17.9 Å². The van der Waals surface area contributed by atoms with E-state index in [1.807, 2.05) is 30.3 Å². The number of sulfonamides is 1. The number of rotatable bonds is 10. The Morgan fingerprint density at radius 2 is 1.44 bits per heavy atom. The summed E-state index contributed by atoms with van der Waals surface area (Å²) in [6, 6.07) is 20.4. The highest BCUT2D eigenvalue weighted by Crippen LogP contribution is 2.22. The number of anilines is 1. The van der Waals surface area contributed by atoms with Crippen molar-refractivity contribution in [3.8, 4) is 17.2 Å². The quantitative estimate of drug-likeness (QED) is 0.424. The van der Waals surface area contributed by atoms with Crippen LogP contribution in [-0.2, 0) is 24.3 Å². The van der Waals surface area contributed by atoms with Crippen LogP contribution in [0.1, 0.15) is 6.92 Å². The normalized spacial score (nSPS) is 11.8. The van der Waals surface area contributed by atoms with Gasteiger partial charge in [0.1, 0.15) is 23.3 Å². The fourth-order valence-electron chi connectivity index (χ4n) is 2.79. The summed E-state index contributed by atoms with van der Waals surface area (Å²) >= 11 is 0. The standard InChI is InChI=1S/C24H24N2O7S/c1-17(26-34(29,30)22-14-12-19(31-2)13-15-22)24(28)32-16-23(27)25-18-8-10-21(11-9-18)33-20-6-4-3-5-7-20/h3-15,17,26H,16H2,1-2H3,(H,25,27)/t17-/m0/s1. The Hall–Kier alpha value is -3.89. The van der Waals surface area contributed by atoms with Crippen molar-refractivity contribution < 1.29 is 32.2 Å². The van der Waals surface area contributed by atoms with E-state index in [0.29, 0.717) is 22.9 Å². The Kier molecular flexibility index (Phi) is 8.23. The lowest BCUT2D eigenvalue weighted by atomic mass is 10.3. The van der Waals surface area contributed by atoms with Gasteiger partial charge >= 0.3 is 5.97 Å². The molecule has 1 atom stereocenters. The Balaban J connectivity index is 1.46. The molecule has 3 aromatic carbocycles. The van der Waals surface area contributed by atoms with Crippen molar-refractivity contribution in [1.82, 2.24) is 4.72 Å². The second-order valence-corrected chi connectivity index (χ2v) is 8.83. The van der Waals surface area contributed by atoms with Gasteiger partial charge < -0.3 is 19.5 Å². The monoisotopic (exact) mass is 484 g/mol. The van der Waals surface area contributed by atoms with Crippen molar-refractivity contribution in [2.75, 3.05) is 19.0 Å². The number of carbonyl (C=O) groups excluding carboxylic acids is 2. The molecule has 10 heteroatoms. The maximum absolute atomic E-state index is 12.4. The molecule has 0 bridgehead atoms. The van der Waals surface area contributed by atoms with Crippen LogP contribution in [-0.4, -0.2) is 40.1 Å². The highest BCUT2D eigenvalue weighted by molar-refractivity contribution is 7.89. The first-order chi connectivity index (χ1) is 16.3. The molecule has 0 aliphatic heterocycles. The molecule has 0 aliphatic rings. The Morgan fingerprint density at radius 1 is 0.853 bits per heavy atom. The number of esters is 1. The average molecular weight is 485 g/mol. The van der Waals surface area contributed by atoms with Gasteiger partial charge in [0.15, 0.2) is 6.61 Å². The number of nitrogens with one attached hydrogen (secondary N) is 2. The topological polar surface area (TPSA) is 120 Å². The third-order valence-electron chi connectivity index (χ3n) is 4.52. The van der Waals surface area contributed by atoms with E-state index in [9.17, 15) is 18.0 Å². The van der Waals surface area contributed by atoms with E-state index < -0.39 is 34.5 Å². The second kappa shape index (κ2) is 11.3. The predicted molar refractivity (Wildman–Crippen MR) is 125 cm³/mol. The minimum absolute atomic E-state index is 0.0367. The Morgan fingerprint density at radius 3 is 2.06 bits per heavy atom. The molecule has 9 nitrogen and oxygen atoms in total. The Labute approximate surface area is 197 Å². The van der Waals surface area contributed by atoms with Crippen molar-refractivity contribution in [3.63, 3.8) is 0 Å². The van der Waals surface area contributed by atoms with E-state index in [4.69, 9.17) is 14.2 Å². The highest BCUT2D eigenvalue weighted by atomic mass is 32.2. The summed E-state index contributed by atoms with van der Waals surface area (Å²) in [5.41, 5.74) is 0.481. The van der Waals surface area contributed by atoms with Crippen molar-refractivity contribution in [1.29, 1.82) is 0 Å². The van der Waals surface area contributed by atoms with Gasteiger partial charge in [0.25, 0.3) is 5.91 Å². The molecule has 0 fully saturated rings. The zero-order valence-corrected chi connectivity index (χ0v) is 19.4. The fourth-order valence-corrected chi connectivity index (χ4v) is 3.99. The average Bonchev–Trinajstić information content (AvgIpc) is 2.84. The van der Waals surface area contributed by atoms with Gasteiger partial charge in [-0.1, -0.05) is 18.2 Å². The van der Waals surface area contributed by atoms with Gasteiger partial charge in [-0.25, -0.2) is 8.42 Å². The Bertz CT molecular complexity index is 1210. The van der Waals surface area contributed by atoms with E-state index in [2.05, 4.69) is 10.0 Å². The molecule has 1 amide bonds. The van der Waals surface area contributed by atoms with Gasteiger partial charge in [0.2, 0.25) is 10.0 Å². The van der Waals surface area contributed by atoms with Crippen LogP contribution in [0.15, 0.2) is 83.8 Å². The molecule has 3 aromatic rings. The number of carbonyl (C=O) groups is 2. The minimum Gasteiger partial charge on any atom is -0.497 e. The van der Waals surface area contributed by atoms with Crippen LogP contribution in [0.5, 0.6) is 17.2 Å². The minimum atomic E-state index is -3.96. The van der Waals surface area contributed by atoms with Gasteiger partial charge in [0.05, 0.1) is 12.0 Å². The SMILES string of the molecule is COc1ccc(S(=O)(=O)N[C@@H](C)C(=O)OCC(=O)Nc2ccc(Oc3ccccc3)cc2)cc1. The number of amides is 1. The van der Waals surface area contributed by atoms with Crippen LogP contribution in [0.25, 0.3) is 0 Å². The lowest BCUT2D eigenvalue weighted by molar-refractivity contribution is -0.148. The van der Waals surface area contributed by atoms with E-state index in [1.54, 1.807) is 24.3 Å². The maximum Gasteiger partial charge on any atom is 0.324 e. The summed E-state index contributed by atoms with van der Waals surface area (Å²) < 4.78 is 42.7. The molecular weight excluding hydrogens is 460 g/mol. The van der Waals surface area contributed by atoms with E-state index in [0.717, 1.165) is 0 Å². The molecule has 0 unspecified atom stereocenters. The molecule has 0 saturated carbocycles. The first-order valence-electron chi connectivity index (χ1n) is 10.2. The lowest BCUT2D eigenvalue weighted by Gasteiger charge is -2.14. The van der Waals surface area contributed by atoms with Crippen LogP contribution in [0.4, 0.5) is 5.69 Å². The van der Waals surface area contributed by atoms with Crippen molar-refractivity contribution in [2.24, 2.45) is 0 Å². The number of para-hydroxylation sites is 1. The summed E-state index contributed by atoms with van der Waals surface area (Å²) in [4.78, 5) is 24.2. The molecule has 34 heavy (non-hydrogen) atoms. The molecule has 0 spiro atoms. The zero-order valence-electron chi connectivity index (χ0n) is 18.6. The van der Waals surface area contributed by atoms with Crippen LogP contribution in [0, 0.1) is 0 Å². The van der Waals surface area contributed by atoms with E-state index in [1.165, 1.54) is 38.3 Å². The van der Waals surface area contributed by atoms with Gasteiger partial charge in [0, 0.05) is 5.69 Å². The molecule has 2 N–H and O–H groups in total. The van der Waals surface area contributed by atoms with Crippen LogP contribution in [0.3, 0.4) is 0 Å². The van der Waals surface area contributed by atoms with Gasteiger partial charge in [-0.05, 0) is 67.6 Å². The third-order valence-corrected chi connectivity index (χ3v) is 6.07. The predicted octanol–water partition coefficient (Wildman–Crippen LogP) is 3.34. The highest BCUT2D eigenvalue weighted by Gasteiger charge is 2.23. The maximum atomic E-state index is 12.4. The van der Waals surface area contributed by atoms with E-state index >= 15 is 0 Å². The number of hydrogen-bond donors (Lipinski definition) is 2. The lowest BCUT2D eigenvalue weighted by Crippen LogP contribution is -2.40. The molecular formula is C24H24N2O7S.